The minimum Gasteiger partial charge on any atom is -0.338 e. The Morgan fingerprint density at radius 3 is 2.07 bits per heavy atom. The summed E-state index contributed by atoms with van der Waals surface area (Å²) in [5.74, 6) is 0.0377. The second kappa shape index (κ2) is 8.86. The summed E-state index contributed by atoms with van der Waals surface area (Å²) in [6.45, 7) is 4.19. The van der Waals surface area contributed by atoms with Crippen LogP contribution in [0.2, 0.25) is 0 Å². The number of sulfonamides is 1. The van der Waals surface area contributed by atoms with Gasteiger partial charge < -0.3 is 4.90 Å². The molecule has 1 fully saturated rings. The summed E-state index contributed by atoms with van der Waals surface area (Å²) >= 11 is 0. The van der Waals surface area contributed by atoms with E-state index in [-0.39, 0.29) is 11.9 Å². The summed E-state index contributed by atoms with van der Waals surface area (Å²) < 4.78 is 26.9. The Labute approximate surface area is 167 Å². The van der Waals surface area contributed by atoms with Crippen molar-refractivity contribution < 1.29 is 13.2 Å². The third-order valence-corrected chi connectivity index (χ3v) is 7.24. The minimum atomic E-state index is -3.47. The van der Waals surface area contributed by atoms with E-state index in [0.717, 1.165) is 5.56 Å². The van der Waals surface area contributed by atoms with E-state index in [9.17, 15) is 13.2 Å². The number of likely N-dealkylation sites (N-methyl/N-ethyl adjacent to an activating group) is 1. The highest BCUT2D eigenvalue weighted by atomic mass is 32.2. The zero-order valence-electron chi connectivity index (χ0n) is 16.4. The van der Waals surface area contributed by atoms with Gasteiger partial charge in [-0.25, -0.2) is 8.42 Å². The third kappa shape index (κ3) is 4.60. The molecule has 0 spiro atoms. The predicted octanol–water partition coefficient (Wildman–Crippen LogP) is 2.21. The van der Waals surface area contributed by atoms with Crippen LogP contribution in [0.4, 0.5) is 0 Å². The van der Waals surface area contributed by atoms with Crippen LogP contribution < -0.4 is 0 Å². The predicted molar refractivity (Wildman–Crippen MR) is 109 cm³/mol. The molecular weight excluding hydrogens is 374 g/mol. The monoisotopic (exact) mass is 401 g/mol. The molecule has 0 unspecified atom stereocenters. The van der Waals surface area contributed by atoms with Crippen molar-refractivity contribution in [3.05, 3.63) is 66.2 Å². The number of hydrogen-bond acceptors (Lipinski definition) is 4. The van der Waals surface area contributed by atoms with E-state index in [4.69, 9.17) is 0 Å². The first-order valence-electron chi connectivity index (χ1n) is 9.48. The van der Waals surface area contributed by atoms with Crippen LogP contribution >= 0.6 is 0 Å². The number of hydrogen-bond donors (Lipinski definition) is 0. The standard InChI is InChI=1S/C21H27N3O3S/c1-18(19-9-5-3-6-10-19)22(2)21(25)17-23-13-15-24(16-14-23)28(26,27)20-11-7-4-8-12-20/h3-12,18H,13-17H2,1-2H3/t18-/m0/s1. The van der Waals surface area contributed by atoms with Gasteiger partial charge in [-0.05, 0) is 24.6 Å². The molecule has 3 rings (SSSR count). The van der Waals surface area contributed by atoms with Crippen molar-refractivity contribution >= 4 is 15.9 Å². The molecule has 150 valence electrons. The summed E-state index contributed by atoms with van der Waals surface area (Å²) in [6.07, 6.45) is 0. The lowest BCUT2D eigenvalue weighted by atomic mass is 10.1. The van der Waals surface area contributed by atoms with Crippen molar-refractivity contribution in [1.82, 2.24) is 14.1 Å². The largest absolute Gasteiger partial charge is 0.338 e. The molecule has 1 atom stereocenters. The normalized spacial score (nSPS) is 17.2. The smallest absolute Gasteiger partial charge is 0.243 e. The third-order valence-electron chi connectivity index (χ3n) is 5.33. The van der Waals surface area contributed by atoms with Crippen LogP contribution in [0.3, 0.4) is 0 Å². The second-order valence-electron chi connectivity index (χ2n) is 7.08. The van der Waals surface area contributed by atoms with Crippen molar-refractivity contribution in [1.29, 1.82) is 0 Å². The van der Waals surface area contributed by atoms with E-state index < -0.39 is 10.0 Å². The number of rotatable bonds is 6. The van der Waals surface area contributed by atoms with Gasteiger partial charge in [0.25, 0.3) is 0 Å². The molecule has 0 N–H and O–H groups in total. The molecule has 6 nitrogen and oxygen atoms in total. The van der Waals surface area contributed by atoms with Gasteiger partial charge in [-0.15, -0.1) is 0 Å². The molecule has 1 saturated heterocycles. The van der Waals surface area contributed by atoms with Gasteiger partial charge in [0.15, 0.2) is 0 Å². The molecule has 0 bridgehead atoms. The zero-order chi connectivity index (χ0) is 20.1. The fourth-order valence-electron chi connectivity index (χ4n) is 3.34. The minimum absolute atomic E-state index is 0.00607. The molecule has 0 aromatic heterocycles. The maximum Gasteiger partial charge on any atom is 0.243 e. The molecular formula is C21H27N3O3S. The molecule has 1 amide bonds. The van der Waals surface area contributed by atoms with Crippen molar-refractivity contribution in [2.45, 2.75) is 17.9 Å². The molecule has 0 radical (unpaired) electrons. The zero-order valence-corrected chi connectivity index (χ0v) is 17.2. The molecule has 7 heteroatoms. The summed E-state index contributed by atoms with van der Waals surface area (Å²) in [6, 6.07) is 18.4. The number of carbonyl (C=O) groups excluding carboxylic acids is 1. The van der Waals surface area contributed by atoms with E-state index >= 15 is 0 Å². The number of amides is 1. The fraction of sp³-hybridized carbons (Fsp3) is 0.381. The van der Waals surface area contributed by atoms with Gasteiger partial charge in [0, 0.05) is 33.2 Å². The Bertz CT molecular complexity index is 880. The molecule has 2 aromatic carbocycles. The van der Waals surface area contributed by atoms with E-state index in [2.05, 4.69) is 0 Å². The van der Waals surface area contributed by atoms with Crippen molar-refractivity contribution in [2.75, 3.05) is 39.8 Å². The van der Waals surface area contributed by atoms with E-state index in [0.29, 0.717) is 37.6 Å². The summed E-state index contributed by atoms with van der Waals surface area (Å²) in [7, 11) is -1.65. The molecule has 2 aromatic rings. The van der Waals surface area contributed by atoms with Crippen LogP contribution in [0, 0.1) is 0 Å². The van der Waals surface area contributed by atoms with Crippen LogP contribution in [0.1, 0.15) is 18.5 Å². The van der Waals surface area contributed by atoms with Gasteiger partial charge in [0.05, 0.1) is 17.5 Å². The lowest BCUT2D eigenvalue weighted by Crippen LogP contribution is -2.51. The molecule has 28 heavy (non-hydrogen) atoms. The van der Waals surface area contributed by atoms with Gasteiger partial charge in [-0.3, -0.25) is 9.69 Å². The maximum atomic E-state index is 12.7. The Balaban J connectivity index is 1.55. The highest BCUT2D eigenvalue weighted by molar-refractivity contribution is 7.89. The topological polar surface area (TPSA) is 60.9 Å². The average molecular weight is 402 g/mol. The summed E-state index contributed by atoms with van der Waals surface area (Å²) in [5, 5.41) is 0. The first-order chi connectivity index (χ1) is 13.4. The molecule has 1 heterocycles. The lowest BCUT2D eigenvalue weighted by Gasteiger charge is -2.35. The van der Waals surface area contributed by atoms with Crippen LogP contribution in [0.5, 0.6) is 0 Å². The van der Waals surface area contributed by atoms with Crippen molar-refractivity contribution in [3.8, 4) is 0 Å². The van der Waals surface area contributed by atoms with Crippen LogP contribution in [0.15, 0.2) is 65.6 Å². The highest BCUT2D eigenvalue weighted by Crippen LogP contribution is 2.20. The summed E-state index contributed by atoms with van der Waals surface area (Å²) in [4.78, 5) is 16.8. The van der Waals surface area contributed by atoms with Crippen LogP contribution in [-0.2, 0) is 14.8 Å². The van der Waals surface area contributed by atoms with Gasteiger partial charge in [-0.1, -0.05) is 48.5 Å². The van der Waals surface area contributed by atoms with Crippen molar-refractivity contribution in [2.24, 2.45) is 0 Å². The van der Waals surface area contributed by atoms with Gasteiger partial charge >= 0.3 is 0 Å². The molecule has 0 aliphatic carbocycles. The lowest BCUT2D eigenvalue weighted by molar-refractivity contribution is -0.133. The Hall–Kier alpha value is -2.22. The summed E-state index contributed by atoms with van der Waals surface area (Å²) in [5.41, 5.74) is 1.09. The Kier molecular flexibility index (Phi) is 6.49. The fourth-order valence-corrected chi connectivity index (χ4v) is 4.79. The SMILES string of the molecule is C[C@@H](c1ccccc1)N(C)C(=O)CN1CCN(S(=O)(=O)c2ccccc2)CC1. The van der Waals surface area contributed by atoms with Crippen LogP contribution in [0.25, 0.3) is 0 Å². The van der Waals surface area contributed by atoms with E-state index in [1.807, 2.05) is 49.2 Å². The number of carbonyl (C=O) groups is 1. The number of benzene rings is 2. The first-order valence-corrected chi connectivity index (χ1v) is 10.9. The molecule has 1 aliphatic heterocycles. The van der Waals surface area contributed by atoms with Gasteiger partial charge in [-0.2, -0.15) is 4.31 Å². The average Bonchev–Trinajstić information content (AvgIpc) is 2.74. The number of piperazine rings is 1. The molecule has 0 saturated carbocycles. The Morgan fingerprint density at radius 1 is 0.964 bits per heavy atom. The second-order valence-corrected chi connectivity index (χ2v) is 9.02. The maximum absolute atomic E-state index is 12.7. The first kappa shape index (κ1) is 20.5. The quantitative estimate of drug-likeness (QED) is 0.745. The van der Waals surface area contributed by atoms with Crippen molar-refractivity contribution in [3.63, 3.8) is 0 Å². The van der Waals surface area contributed by atoms with Crippen LogP contribution in [-0.4, -0.2) is 68.2 Å². The number of nitrogens with zero attached hydrogens (tertiary/aromatic N) is 3. The van der Waals surface area contributed by atoms with E-state index in [1.54, 1.807) is 35.2 Å². The van der Waals surface area contributed by atoms with Gasteiger partial charge in [0.1, 0.15) is 0 Å². The van der Waals surface area contributed by atoms with Gasteiger partial charge in [0.2, 0.25) is 15.9 Å². The van der Waals surface area contributed by atoms with E-state index in [1.165, 1.54) is 4.31 Å². The highest BCUT2D eigenvalue weighted by Gasteiger charge is 2.29. The Morgan fingerprint density at radius 2 is 1.50 bits per heavy atom. The molecule has 1 aliphatic rings.